The van der Waals surface area contributed by atoms with Gasteiger partial charge in [0, 0.05) is 26.8 Å². The number of rotatable bonds is 1. The molecule has 88 valence electrons. The minimum Gasteiger partial charge on any atom is -0.310 e. The fourth-order valence-corrected chi connectivity index (χ4v) is 3.80. The first-order valence-corrected chi connectivity index (χ1v) is 7.47. The lowest BCUT2D eigenvalue weighted by Crippen LogP contribution is -2.26. The third-order valence-electron chi connectivity index (χ3n) is 3.24. The second kappa shape index (κ2) is 4.56. The summed E-state index contributed by atoms with van der Waals surface area (Å²) in [5.41, 5.74) is 2.80. The zero-order chi connectivity index (χ0) is 11.8. The van der Waals surface area contributed by atoms with Crippen LogP contribution in [0.2, 0.25) is 0 Å². The molecule has 0 saturated heterocycles. The van der Waals surface area contributed by atoms with E-state index in [1.165, 1.54) is 22.4 Å². The van der Waals surface area contributed by atoms with Gasteiger partial charge in [-0.1, -0.05) is 28.1 Å². The van der Waals surface area contributed by atoms with Gasteiger partial charge in [0.1, 0.15) is 0 Å². The van der Waals surface area contributed by atoms with Gasteiger partial charge in [0.25, 0.3) is 0 Å². The second-order valence-corrected chi connectivity index (χ2v) is 6.47. The normalized spacial score (nSPS) is 19.1. The van der Waals surface area contributed by atoms with Crippen LogP contribution >= 0.6 is 27.3 Å². The number of benzene rings is 1. The Morgan fingerprint density at radius 3 is 2.76 bits per heavy atom. The van der Waals surface area contributed by atoms with Crippen LogP contribution in [0.25, 0.3) is 10.4 Å². The van der Waals surface area contributed by atoms with E-state index in [-0.39, 0.29) is 0 Å². The topological polar surface area (TPSA) is 12.0 Å². The van der Waals surface area contributed by atoms with Crippen molar-refractivity contribution >= 4 is 27.3 Å². The van der Waals surface area contributed by atoms with Crippen molar-refractivity contribution in [3.63, 3.8) is 0 Å². The highest BCUT2D eigenvalue weighted by atomic mass is 79.9. The molecular formula is C14H14BrNS. The summed E-state index contributed by atoms with van der Waals surface area (Å²) in [6.45, 7) is 3.35. The van der Waals surface area contributed by atoms with Crippen molar-refractivity contribution in [2.45, 2.75) is 19.4 Å². The molecule has 0 saturated carbocycles. The number of hydrogen-bond acceptors (Lipinski definition) is 2. The molecule has 17 heavy (non-hydrogen) atoms. The van der Waals surface area contributed by atoms with Gasteiger partial charge in [-0.05, 0) is 42.7 Å². The maximum absolute atomic E-state index is 3.51. The average Bonchev–Trinajstić information content (AvgIpc) is 2.75. The van der Waals surface area contributed by atoms with Gasteiger partial charge >= 0.3 is 0 Å². The van der Waals surface area contributed by atoms with Gasteiger partial charge in [0.2, 0.25) is 0 Å². The van der Waals surface area contributed by atoms with Gasteiger partial charge < -0.3 is 5.32 Å². The Morgan fingerprint density at radius 1 is 1.29 bits per heavy atom. The van der Waals surface area contributed by atoms with Crippen molar-refractivity contribution < 1.29 is 0 Å². The lowest BCUT2D eigenvalue weighted by atomic mass is 10.0. The van der Waals surface area contributed by atoms with Gasteiger partial charge in [-0.2, -0.15) is 0 Å². The maximum Gasteiger partial charge on any atom is 0.0349 e. The minimum absolute atomic E-state index is 0.499. The van der Waals surface area contributed by atoms with Crippen LogP contribution in [0.4, 0.5) is 0 Å². The maximum atomic E-state index is 3.51. The zero-order valence-corrected chi connectivity index (χ0v) is 12.1. The van der Waals surface area contributed by atoms with Gasteiger partial charge in [-0.15, -0.1) is 11.3 Å². The van der Waals surface area contributed by atoms with Gasteiger partial charge in [0.15, 0.2) is 0 Å². The molecule has 1 unspecified atom stereocenters. The van der Waals surface area contributed by atoms with E-state index in [4.69, 9.17) is 0 Å². The first kappa shape index (κ1) is 11.5. The first-order chi connectivity index (χ1) is 8.24. The van der Waals surface area contributed by atoms with Crippen molar-refractivity contribution in [2.24, 2.45) is 0 Å². The molecule has 2 aromatic rings. The van der Waals surface area contributed by atoms with E-state index in [2.05, 4.69) is 58.5 Å². The van der Waals surface area contributed by atoms with E-state index < -0.39 is 0 Å². The Labute approximate surface area is 114 Å². The summed E-state index contributed by atoms with van der Waals surface area (Å²) in [7, 11) is 0. The van der Waals surface area contributed by atoms with Crippen LogP contribution in [0.1, 0.15) is 23.4 Å². The molecule has 1 aliphatic rings. The van der Waals surface area contributed by atoms with Crippen LogP contribution in [-0.2, 0) is 6.42 Å². The van der Waals surface area contributed by atoms with Crippen LogP contribution in [0.15, 0.2) is 34.8 Å². The molecular weight excluding hydrogens is 294 g/mol. The zero-order valence-electron chi connectivity index (χ0n) is 9.66. The van der Waals surface area contributed by atoms with Crippen molar-refractivity contribution in [3.8, 4) is 10.4 Å². The van der Waals surface area contributed by atoms with Crippen molar-refractivity contribution in [3.05, 3.63) is 45.2 Å². The lowest BCUT2D eigenvalue weighted by molar-refractivity contribution is 0.547. The molecule has 2 heterocycles. The van der Waals surface area contributed by atoms with Crippen LogP contribution in [0.3, 0.4) is 0 Å². The highest BCUT2D eigenvalue weighted by Crippen LogP contribution is 2.36. The molecule has 0 spiro atoms. The van der Waals surface area contributed by atoms with E-state index in [1.54, 1.807) is 4.88 Å². The van der Waals surface area contributed by atoms with E-state index in [0.717, 1.165) is 11.0 Å². The predicted molar refractivity (Wildman–Crippen MR) is 77.6 cm³/mol. The molecule has 0 aliphatic carbocycles. The summed E-state index contributed by atoms with van der Waals surface area (Å²) < 4.78 is 1.14. The Bertz CT molecular complexity index is 530. The van der Waals surface area contributed by atoms with Crippen molar-refractivity contribution in [1.82, 2.24) is 5.32 Å². The van der Waals surface area contributed by atoms with E-state index >= 15 is 0 Å². The molecule has 3 rings (SSSR count). The SMILES string of the molecule is CC1NCCc2sc(-c3ccc(Br)cc3)cc21. The minimum atomic E-state index is 0.499. The van der Waals surface area contributed by atoms with E-state index in [0.29, 0.717) is 6.04 Å². The summed E-state index contributed by atoms with van der Waals surface area (Å²) in [6.07, 6.45) is 1.17. The number of thiophene rings is 1. The molecule has 1 aromatic carbocycles. The summed E-state index contributed by atoms with van der Waals surface area (Å²) in [6, 6.07) is 11.4. The average molecular weight is 308 g/mol. The molecule has 3 heteroatoms. The molecule has 0 fully saturated rings. The number of halogens is 1. The van der Waals surface area contributed by atoms with Gasteiger partial charge in [0.05, 0.1) is 0 Å². The summed E-state index contributed by atoms with van der Waals surface area (Å²) in [5, 5.41) is 3.51. The number of hydrogen-bond donors (Lipinski definition) is 1. The summed E-state index contributed by atoms with van der Waals surface area (Å²) in [5.74, 6) is 0. The van der Waals surface area contributed by atoms with E-state index in [1.807, 2.05) is 11.3 Å². The third-order valence-corrected chi connectivity index (χ3v) is 5.03. The third kappa shape index (κ3) is 2.19. The molecule has 0 radical (unpaired) electrons. The molecule has 1 atom stereocenters. The fraction of sp³-hybridized carbons (Fsp3) is 0.286. The van der Waals surface area contributed by atoms with E-state index in [9.17, 15) is 0 Å². The van der Waals surface area contributed by atoms with Crippen LogP contribution in [0, 0.1) is 0 Å². The molecule has 1 nitrogen and oxygen atoms in total. The Morgan fingerprint density at radius 2 is 2.06 bits per heavy atom. The second-order valence-electron chi connectivity index (χ2n) is 4.42. The quantitative estimate of drug-likeness (QED) is 0.824. The Hall–Kier alpha value is -0.640. The Balaban J connectivity index is 2.02. The predicted octanol–water partition coefficient (Wildman–Crippen LogP) is 4.38. The first-order valence-electron chi connectivity index (χ1n) is 5.86. The van der Waals surface area contributed by atoms with Crippen LogP contribution in [0.5, 0.6) is 0 Å². The number of fused-ring (bicyclic) bond motifs is 1. The molecule has 0 amide bonds. The monoisotopic (exact) mass is 307 g/mol. The fourth-order valence-electron chi connectivity index (χ4n) is 2.27. The molecule has 1 aromatic heterocycles. The van der Waals surface area contributed by atoms with Crippen molar-refractivity contribution in [2.75, 3.05) is 6.54 Å². The molecule has 1 aliphatic heterocycles. The highest BCUT2D eigenvalue weighted by molar-refractivity contribution is 9.10. The summed E-state index contributed by atoms with van der Waals surface area (Å²) in [4.78, 5) is 2.94. The molecule has 0 bridgehead atoms. The summed E-state index contributed by atoms with van der Waals surface area (Å²) >= 11 is 5.42. The largest absolute Gasteiger partial charge is 0.310 e. The van der Waals surface area contributed by atoms with Gasteiger partial charge in [-0.25, -0.2) is 0 Å². The van der Waals surface area contributed by atoms with Gasteiger partial charge in [-0.3, -0.25) is 0 Å². The van der Waals surface area contributed by atoms with Crippen molar-refractivity contribution in [1.29, 1.82) is 0 Å². The highest BCUT2D eigenvalue weighted by Gasteiger charge is 2.19. The lowest BCUT2D eigenvalue weighted by Gasteiger charge is -2.19. The van der Waals surface area contributed by atoms with Crippen LogP contribution < -0.4 is 5.32 Å². The molecule has 1 N–H and O–H groups in total. The Kier molecular flexibility index (Phi) is 3.07. The number of nitrogens with one attached hydrogen (secondary N) is 1. The standard InChI is InChI=1S/C14H14BrNS/c1-9-12-8-14(17-13(12)6-7-16-9)10-2-4-11(15)5-3-10/h2-5,8-9,16H,6-7H2,1H3. The van der Waals surface area contributed by atoms with Crippen LogP contribution in [-0.4, -0.2) is 6.54 Å². The smallest absolute Gasteiger partial charge is 0.0349 e.